The number of carboxylic acids is 1. The van der Waals surface area contributed by atoms with Gasteiger partial charge in [0.15, 0.2) is 5.69 Å². The van der Waals surface area contributed by atoms with Crippen LogP contribution in [0.25, 0.3) is 10.6 Å². The molecule has 0 saturated carbocycles. The molecule has 1 aromatic carbocycles. The highest BCUT2D eigenvalue weighted by atomic mass is 32.1. The molecule has 0 radical (unpaired) electrons. The van der Waals surface area contributed by atoms with E-state index in [1.54, 1.807) is 0 Å². The van der Waals surface area contributed by atoms with Crippen molar-refractivity contribution in [2.75, 3.05) is 0 Å². The number of hydrogen-bond donors (Lipinski definition) is 1. The molecule has 1 heterocycles. The van der Waals surface area contributed by atoms with Crippen molar-refractivity contribution in [2.45, 2.75) is 6.18 Å². The largest absolute Gasteiger partial charge is 0.478 e. The third-order valence-corrected chi connectivity index (χ3v) is 3.04. The van der Waals surface area contributed by atoms with Crippen LogP contribution in [-0.4, -0.2) is 16.1 Å². The monoisotopic (exact) mass is 273 g/mol. The maximum absolute atomic E-state index is 12.4. The number of halogens is 3. The van der Waals surface area contributed by atoms with Gasteiger partial charge in [-0.15, -0.1) is 11.3 Å². The van der Waals surface area contributed by atoms with Crippen LogP contribution < -0.4 is 0 Å². The van der Waals surface area contributed by atoms with Gasteiger partial charge in [-0.2, -0.15) is 13.2 Å². The SMILES string of the molecule is O=C(O)c1cccc(-c2nc(C(F)(F)F)cs2)c1. The van der Waals surface area contributed by atoms with Crippen LogP contribution in [0, 0.1) is 0 Å². The summed E-state index contributed by atoms with van der Waals surface area (Å²) in [6, 6.07) is 5.64. The van der Waals surface area contributed by atoms with Crippen LogP contribution in [0.2, 0.25) is 0 Å². The van der Waals surface area contributed by atoms with Gasteiger partial charge in [0, 0.05) is 10.9 Å². The molecule has 1 N–H and O–H groups in total. The number of aromatic carboxylic acids is 1. The molecular weight excluding hydrogens is 267 g/mol. The summed E-state index contributed by atoms with van der Waals surface area (Å²) in [4.78, 5) is 14.2. The van der Waals surface area contributed by atoms with Crippen LogP contribution in [0.3, 0.4) is 0 Å². The van der Waals surface area contributed by atoms with E-state index in [9.17, 15) is 18.0 Å². The van der Waals surface area contributed by atoms with E-state index in [1.165, 1.54) is 24.3 Å². The average molecular weight is 273 g/mol. The molecule has 0 aliphatic heterocycles. The van der Waals surface area contributed by atoms with Gasteiger partial charge >= 0.3 is 12.1 Å². The van der Waals surface area contributed by atoms with Crippen LogP contribution in [0.4, 0.5) is 13.2 Å². The fraction of sp³-hybridized carbons (Fsp3) is 0.0909. The van der Waals surface area contributed by atoms with Gasteiger partial charge in [0.25, 0.3) is 0 Å². The highest BCUT2D eigenvalue weighted by molar-refractivity contribution is 7.13. The average Bonchev–Trinajstić information content (AvgIpc) is 2.78. The summed E-state index contributed by atoms with van der Waals surface area (Å²) in [7, 11) is 0. The molecule has 18 heavy (non-hydrogen) atoms. The summed E-state index contributed by atoms with van der Waals surface area (Å²) >= 11 is 0.826. The summed E-state index contributed by atoms with van der Waals surface area (Å²) in [5.74, 6) is -1.13. The summed E-state index contributed by atoms with van der Waals surface area (Å²) in [6.45, 7) is 0. The summed E-state index contributed by atoms with van der Waals surface area (Å²) in [5, 5.41) is 9.84. The Hall–Kier alpha value is -1.89. The predicted molar refractivity (Wildman–Crippen MR) is 59.5 cm³/mol. The normalized spacial score (nSPS) is 11.5. The van der Waals surface area contributed by atoms with Crippen molar-refractivity contribution >= 4 is 17.3 Å². The molecule has 1 aromatic heterocycles. The maximum Gasteiger partial charge on any atom is 0.434 e. The summed E-state index contributed by atoms with van der Waals surface area (Å²) in [6.07, 6.45) is -4.49. The van der Waals surface area contributed by atoms with Gasteiger partial charge in [-0.05, 0) is 12.1 Å². The van der Waals surface area contributed by atoms with E-state index in [4.69, 9.17) is 5.11 Å². The van der Waals surface area contributed by atoms with Crippen molar-refractivity contribution in [3.8, 4) is 10.6 Å². The van der Waals surface area contributed by atoms with E-state index >= 15 is 0 Å². The standard InChI is InChI=1S/C11H6F3NO2S/c12-11(13,14)8-5-18-9(15-8)6-2-1-3-7(4-6)10(16)17/h1-5H,(H,16,17). The van der Waals surface area contributed by atoms with E-state index in [1.807, 2.05) is 0 Å². The Morgan fingerprint density at radius 1 is 1.33 bits per heavy atom. The van der Waals surface area contributed by atoms with Crippen molar-refractivity contribution in [3.05, 3.63) is 40.9 Å². The number of rotatable bonds is 2. The molecule has 0 spiro atoms. The van der Waals surface area contributed by atoms with Gasteiger partial charge in [0.05, 0.1) is 5.56 Å². The van der Waals surface area contributed by atoms with Crippen molar-refractivity contribution in [3.63, 3.8) is 0 Å². The van der Waals surface area contributed by atoms with E-state index < -0.39 is 17.8 Å². The molecule has 3 nitrogen and oxygen atoms in total. The second-order valence-corrected chi connectivity index (χ2v) is 4.28. The van der Waals surface area contributed by atoms with Gasteiger partial charge in [0.2, 0.25) is 0 Å². The first-order valence-corrected chi connectivity index (χ1v) is 5.62. The van der Waals surface area contributed by atoms with Crippen LogP contribution in [0.5, 0.6) is 0 Å². The lowest BCUT2D eigenvalue weighted by molar-refractivity contribution is -0.140. The molecule has 0 aliphatic carbocycles. The quantitative estimate of drug-likeness (QED) is 0.910. The molecule has 7 heteroatoms. The Balaban J connectivity index is 2.40. The fourth-order valence-electron chi connectivity index (χ4n) is 1.32. The van der Waals surface area contributed by atoms with Crippen molar-refractivity contribution in [1.82, 2.24) is 4.98 Å². The number of carbonyl (C=O) groups is 1. The maximum atomic E-state index is 12.4. The zero-order valence-corrected chi connectivity index (χ0v) is 9.55. The lowest BCUT2D eigenvalue weighted by Crippen LogP contribution is -2.04. The molecule has 0 amide bonds. The number of thiazole rings is 1. The van der Waals surface area contributed by atoms with E-state index in [0.29, 0.717) is 5.56 Å². The predicted octanol–water partition coefficient (Wildman–Crippen LogP) is 3.53. The third kappa shape index (κ3) is 2.51. The first-order valence-electron chi connectivity index (χ1n) is 4.74. The Kier molecular flexibility index (Phi) is 3.08. The third-order valence-electron chi connectivity index (χ3n) is 2.15. The van der Waals surface area contributed by atoms with Crippen LogP contribution in [0.15, 0.2) is 29.6 Å². The summed E-state index contributed by atoms with van der Waals surface area (Å²) < 4.78 is 37.1. The van der Waals surface area contributed by atoms with Crippen LogP contribution in [0.1, 0.15) is 16.1 Å². The van der Waals surface area contributed by atoms with Crippen molar-refractivity contribution in [1.29, 1.82) is 0 Å². The number of aromatic nitrogens is 1. The second kappa shape index (κ2) is 4.41. The molecule has 0 bridgehead atoms. The lowest BCUT2D eigenvalue weighted by atomic mass is 10.1. The number of alkyl halides is 3. The van der Waals surface area contributed by atoms with E-state index in [-0.39, 0.29) is 10.6 Å². The fourth-order valence-corrected chi connectivity index (χ4v) is 2.15. The van der Waals surface area contributed by atoms with Crippen molar-refractivity contribution < 1.29 is 23.1 Å². The minimum absolute atomic E-state index is 0.0104. The topological polar surface area (TPSA) is 50.2 Å². The van der Waals surface area contributed by atoms with E-state index in [2.05, 4.69) is 4.98 Å². The lowest BCUT2D eigenvalue weighted by Gasteiger charge is -2.01. The molecule has 0 unspecified atom stereocenters. The first kappa shape index (κ1) is 12.6. The molecule has 0 fully saturated rings. The Labute approximate surface area is 104 Å². The molecular formula is C11H6F3NO2S. The van der Waals surface area contributed by atoms with Gasteiger partial charge in [-0.3, -0.25) is 0 Å². The second-order valence-electron chi connectivity index (χ2n) is 3.42. The Morgan fingerprint density at radius 2 is 2.06 bits per heavy atom. The molecule has 2 aromatic rings. The number of hydrogen-bond acceptors (Lipinski definition) is 3. The zero-order chi connectivity index (χ0) is 13.3. The number of benzene rings is 1. The van der Waals surface area contributed by atoms with Gasteiger partial charge < -0.3 is 5.11 Å². The summed E-state index contributed by atoms with van der Waals surface area (Å²) in [5.41, 5.74) is -0.602. The molecule has 0 aliphatic rings. The highest BCUT2D eigenvalue weighted by Crippen LogP contribution is 2.33. The first-order chi connectivity index (χ1) is 8.38. The van der Waals surface area contributed by atoms with E-state index in [0.717, 1.165) is 16.7 Å². The minimum Gasteiger partial charge on any atom is -0.478 e. The van der Waals surface area contributed by atoms with Crippen molar-refractivity contribution in [2.24, 2.45) is 0 Å². The van der Waals surface area contributed by atoms with Gasteiger partial charge in [0.1, 0.15) is 5.01 Å². The smallest absolute Gasteiger partial charge is 0.434 e. The molecule has 94 valence electrons. The molecule has 0 saturated heterocycles. The number of carboxylic acid groups (broad SMARTS) is 1. The van der Waals surface area contributed by atoms with Crippen LogP contribution >= 0.6 is 11.3 Å². The molecule has 0 atom stereocenters. The zero-order valence-electron chi connectivity index (χ0n) is 8.73. The Bertz CT molecular complexity index is 592. The van der Waals surface area contributed by atoms with Crippen LogP contribution in [-0.2, 0) is 6.18 Å². The Morgan fingerprint density at radius 3 is 2.61 bits per heavy atom. The molecule has 2 rings (SSSR count). The highest BCUT2D eigenvalue weighted by Gasteiger charge is 2.33. The number of nitrogens with zero attached hydrogens (tertiary/aromatic N) is 1. The van der Waals surface area contributed by atoms with Gasteiger partial charge in [-0.25, -0.2) is 9.78 Å². The minimum atomic E-state index is -4.49. The van der Waals surface area contributed by atoms with Gasteiger partial charge in [-0.1, -0.05) is 12.1 Å².